The molecule has 2 heterocycles. The Morgan fingerprint density at radius 3 is 2.62 bits per heavy atom. The standard InChI is InChI=1S/C11H17N3O2/c1-7-4-12-5-8(2)14(7)11(15)10-9(3)16-6-13-10/h6-8,12H,4-5H2,1-3H3. The van der Waals surface area contributed by atoms with Crippen LogP contribution in [0.2, 0.25) is 0 Å². The van der Waals surface area contributed by atoms with Gasteiger partial charge in [0.15, 0.2) is 12.1 Å². The summed E-state index contributed by atoms with van der Waals surface area (Å²) in [7, 11) is 0. The van der Waals surface area contributed by atoms with E-state index in [4.69, 9.17) is 4.42 Å². The summed E-state index contributed by atoms with van der Waals surface area (Å²) in [5.41, 5.74) is 0.431. The summed E-state index contributed by atoms with van der Waals surface area (Å²) in [5.74, 6) is 0.552. The van der Waals surface area contributed by atoms with Gasteiger partial charge in [-0.1, -0.05) is 0 Å². The van der Waals surface area contributed by atoms with Crippen molar-refractivity contribution in [3.63, 3.8) is 0 Å². The van der Waals surface area contributed by atoms with Crippen molar-refractivity contribution in [3.8, 4) is 0 Å². The number of amides is 1. The molecular formula is C11H17N3O2. The minimum absolute atomic E-state index is 0.0345. The molecule has 88 valence electrons. The molecule has 2 atom stereocenters. The van der Waals surface area contributed by atoms with Crippen molar-refractivity contribution in [3.05, 3.63) is 17.8 Å². The molecule has 0 aromatic carbocycles. The quantitative estimate of drug-likeness (QED) is 0.765. The molecule has 5 nitrogen and oxygen atoms in total. The first kappa shape index (κ1) is 11.1. The van der Waals surface area contributed by atoms with Crippen LogP contribution < -0.4 is 5.32 Å². The molecule has 16 heavy (non-hydrogen) atoms. The predicted molar refractivity (Wildman–Crippen MR) is 59.2 cm³/mol. The molecule has 0 radical (unpaired) electrons. The Morgan fingerprint density at radius 2 is 2.12 bits per heavy atom. The smallest absolute Gasteiger partial charge is 0.276 e. The Bertz CT molecular complexity index is 378. The highest BCUT2D eigenvalue weighted by atomic mass is 16.3. The maximum Gasteiger partial charge on any atom is 0.276 e. The van der Waals surface area contributed by atoms with Crippen molar-refractivity contribution >= 4 is 5.91 Å². The zero-order chi connectivity index (χ0) is 11.7. The number of oxazole rings is 1. The summed E-state index contributed by atoms with van der Waals surface area (Å²) in [4.78, 5) is 18.1. The molecule has 1 aromatic rings. The van der Waals surface area contributed by atoms with Crippen LogP contribution in [-0.2, 0) is 0 Å². The van der Waals surface area contributed by atoms with Gasteiger partial charge in [-0.05, 0) is 20.8 Å². The number of nitrogens with one attached hydrogen (secondary N) is 1. The summed E-state index contributed by atoms with van der Waals surface area (Å²) in [6.07, 6.45) is 1.32. The first-order chi connectivity index (χ1) is 7.61. The summed E-state index contributed by atoms with van der Waals surface area (Å²) in [6, 6.07) is 0.375. The molecule has 0 aliphatic carbocycles. The number of nitrogens with zero attached hydrogens (tertiary/aromatic N) is 2. The monoisotopic (exact) mass is 223 g/mol. The van der Waals surface area contributed by atoms with Gasteiger partial charge < -0.3 is 14.6 Å². The molecule has 0 bridgehead atoms. The largest absolute Gasteiger partial charge is 0.448 e. The minimum atomic E-state index is -0.0345. The maximum absolute atomic E-state index is 12.3. The van der Waals surface area contributed by atoms with E-state index in [1.165, 1.54) is 6.39 Å². The highest BCUT2D eigenvalue weighted by Gasteiger charge is 2.31. The predicted octanol–water partition coefficient (Wildman–Crippen LogP) is 0.805. The summed E-state index contributed by atoms with van der Waals surface area (Å²) in [5, 5.41) is 3.29. The maximum atomic E-state index is 12.3. The van der Waals surface area contributed by atoms with Gasteiger partial charge in [0.1, 0.15) is 5.76 Å². The molecular weight excluding hydrogens is 206 g/mol. The van der Waals surface area contributed by atoms with Gasteiger partial charge >= 0.3 is 0 Å². The third-order valence-electron chi connectivity index (χ3n) is 3.01. The van der Waals surface area contributed by atoms with Crippen LogP contribution in [0, 0.1) is 6.92 Å². The van der Waals surface area contributed by atoms with Crippen molar-refractivity contribution < 1.29 is 9.21 Å². The van der Waals surface area contributed by atoms with Crippen molar-refractivity contribution in [1.82, 2.24) is 15.2 Å². The average Bonchev–Trinajstić information content (AvgIpc) is 2.64. The second-order valence-electron chi connectivity index (χ2n) is 4.33. The molecule has 5 heteroatoms. The van der Waals surface area contributed by atoms with Gasteiger partial charge in [-0.15, -0.1) is 0 Å². The molecule has 2 unspecified atom stereocenters. The first-order valence-corrected chi connectivity index (χ1v) is 5.54. The van der Waals surface area contributed by atoms with Crippen molar-refractivity contribution in [1.29, 1.82) is 0 Å². The zero-order valence-electron chi connectivity index (χ0n) is 9.86. The van der Waals surface area contributed by atoms with E-state index >= 15 is 0 Å². The normalized spacial score (nSPS) is 25.8. The van der Waals surface area contributed by atoms with E-state index in [-0.39, 0.29) is 18.0 Å². The minimum Gasteiger partial charge on any atom is -0.448 e. The third kappa shape index (κ3) is 1.82. The molecule has 1 aliphatic heterocycles. The Balaban J connectivity index is 2.23. The van der Waals surface area contributed by atoms with Gasteiger partial charge in [0.2, 0.25) is 0 Å². The van der Waals surface area contributed by atoms with Crippen LogP contribution in [0.15, 0.2) is 10.8 Å². The Morgan fingerprint density at radius 1 is 1.50 bits per heavy atom. The Kier molecular flexibility index (Phi) is 2.96. The molecule has 1 aromatic heterocycles. The number of carbonyl (C=O) groups is 1. The summed E-state index contributed by atoms with van der Waals surface area (Å²) in [6.45, 7) is 7.49. The van der Waals surface area contributed by atoms with Gasteiger partial charge in [-0.2, -0.15) is 0 Å². The first-order valence-electron chi connectivity index (χ1n) is 5.54. The van der Waals surface area contributed by atoms with Gasteiger partial charge in [-0.25, -0.2) is 4.98 Å². The van der Waals surface area contributed by atoms with Crippen molar-refractivity contribution in [2.75, 3.05) is 13.1 Å². The highest BCUT2D eigenvalue weighted by molar-refractivity contribution is 5.93. The van der Waals surface area contributed by atoms with Crippen LogP contribution in [0.4, 0.5) is 0 Å². The van der Waals surface area contributed by atoms with Crippen LogP contribution in [0.5, 0.6) is 0 Å². The van der Waals surface area contributed by atoms with E-state index in [1.54, 1.807) is 6.92 Å². The second kappa shape index (κ2) is 4.25. The summed E-state index contributed by atoms with van der Waals surface area (Å²) >= 11 is 0. The fourth-order valence-electron chi connectivity index (χ4n) is 2.17. The molecule has 0 spiro atoms. The average molecular weight is 223 g/mol. The fourth-order valence-corrected chi connectivity index (χ4v) is 2.17. The molecule has 1 amide bonds. The van der Waals surface area contributed by atoms with Gasteiger partial charge in [-0.3, -0.25) is 4.79 Å². The number of carbonyl (C=O) groups excluding carboxylic acids is 1. The molecule has 1 fully saturated rings. The van der Waals surface area contributed by atoms with Crippen LogP contribution in [0.25, 0.3) is 0 Å². The van der Waals surface area contributed by atoms with Crippen LogP contribution in [0.3, 0.4) is 0 Å². The molecule has 1 saturated heterocycles. The van der Waals surface area contributed by atoms with Crippen molar-refractivity contribution in [2.24, 2.45) is 0 Å². The number of hydrogen-bond donors (Lipinski definition) is 1. The number of aryl methyl sites for hydroxylation is 1. The van der Waals surface area contributed by atoms with E-state index in [9.17, 15) is 4.79 Å². The second-order valence-corrected chi connectivity index (χ2v) is 4.33. The van der Waals surface area contributed by atoms with Crippen LogP contribution >= 0.6 is 0 Å². The van der Waals surface area contributed by atoms with E-state index in [0.717, 1.165) is 13.1 Å². The van der Waals surface area contributed by atoms with Crippen molar-refractivity contribution in [2.45, 2.75) is 32.9 Å². The summed E-state index contributed by atoms with van der Waals surface area (Å²) < 4.78 is 5.07. The van der Waals surface area contributed by atoms with E-state index in [2.05, 4.69) is 10.3 Å². The molecule has 1 N–H and O–H groups in total. The lowest BCUT2D eigenvalue weighted by atomic mass is 10.1. The van der Waals surface area contributed by atoms with Crippen LogP contribution in [-0.4, -0.2) is 41.0 Å². The number of hydrogen-bond acceptors (Lipinski definition) is 4. The van der Waals surface area contributed by atoms with E-state index in [0.29, 0.717) is 11.5 Å². The van der Waals surface area contributed by atoms with Gasteiger partial charge in [0.25, 0.3) is 5.91 Å². The van der Waals surface area contributed by atoms with Gasteiger partial charge in [0.05, 0.1) is 0 Å². The van der Waals surface area contributed by atoms with E-state index in [1.807, 2.05) is 18.7 Å². The number of aromatic nitrogens is 1. The Labute approximate surface area is 94.8 Å². The lowest BCUT2D eigenvalue weighted by molar-refractivity contribution is 0.0537. The molecule has 0 saturated carbocycles. The van der Waals surface area contributed by atoms with Gasteiger partial charge in [0, 0.05) is 25.2 Å². The van der Waals surface area contributed by atoms with E-state index < -0.39 is 0 Å². The lowest BCUT2D eigenvalue weighted by Gasteiger charge is -2.39. The Hall–Kier alpha value is -1.36. The number of piperazine rings is 1. The highest BCUT2D eigenvalue weighted by Crippen LogP contribution is 2.16. The van der Waals surface area contributed by atoms with Crippen LogP contribution in [0.1, 0.15) is 30.1 Å². The topological polar surface area (TPSA) is 58.4 Å². The SMILES string of the molecule is Cc1ocnc1C(=O)N1C(C)CNCC1C. The molecule has 1 aliphatic rings. The lowest BCUT2D eigenvalue weighted by Crippen LogP contribution is -2.57. The molecule has 2 rings (SSSR count). The third-order valence-corrected chi connectivity index (χ3v) is 3.01. The fraction of sp³-hybridized carbons (Fsp3) is 0.636. The zero-order valence-corrected chi connectivity index (χ0v) is 9.86. The number of rotatable bonds is 1.